The topological polar surface area (TPSA) is 18.5 Å². The van der Waals surface area contributed by atoms with Crippen molar-refractivity contribution in [2.45, 2.75) is 37.3 Å². The molecule has 0 aliphatic rings. The van der Waals surface area contributed by atoms with E-state index < -0.39 is 0 Å². The maximum Gasteiger partial charge on any atom is 0.200 e. The van der Waals surface area contributed by atoms with Crippen LogP contribution in [0.4, 0.5) is 0 Å². The van der Waals surface area contributed by atoms with Gasteiger partial charge in [-0.15, -0.1) is 27.5 Å². The van der Waals surface area contributed by atoms with Crippen LogP contribution in [-0.4, -0.2) is 41.6 Å². The molecule has 0 atom stereocenters. The fourth-order valence-corrected chi connectivity index (χ4v) is 2.29. The largest absolute Gasteiger partial charge is 0.382 e. The van der Waals surface area contributed by atoms with Gasteiger partial charge in [-0.05, 0) is 26.7 Å². The first kappa shape index (κ1) is 17.3. The summed E-state index contributed by atoms with van der Waals surface area (Å²) in [5.41, 5.74) is 0. The molecule has 85 valence electrons. The monoisotopic (exact) mass is 281 g/mol. The second kappa shape index (κ2) is 16.4. The van der Waals surface area contributed by atoms with E-state index in [9.17, 15) is 0 Å². The van der Waals surface area contributed by atoms with Gasteiger partial charge in [0.05, 0.1) is 0 Å². The molecule has 0 saturated carbocycles. The molecule has 0 rings (SSSR count). The minimum Gasteiger partial charge on any atom is -0.382 e. The third kappa shape index (κ3) is 15.4. The summed E-state index contributed by atoms with van der Waals surface area (Å²) in [4.78, 5) is 0. The van der Waals surface area contributed by atoms with Crippen molar-refractivity contribution in [1.29, 1.82) is 0 Å². The van der Waals surface area contributed by atoms with Crippen LogP contribution >= 0.6 is 17.0 Å². The average Bonchev–Trinajstić information content (AvgIpc) is 2.16. The van der Waals surface area contributed by atoms with Crippen LogP contribution in [0.1, 0.15) is 26.7 Å². The molecule has 0 spiro atoms. The van der Waals surface area contributed by atoms with E-state index in [2.05, 4.69) is 13.8 Å². The molecule has 0 aromatic heterocycles. The normalized spacial score (nSPS) is 9.57. The molecular formula is C10H23AlBrO2. The van der Waals surface area contributed by atoms with Crippen LogP contribution in [0.2, 0.25) is 10.6 Å². The lowest BCUT2D eigenvalue weighted by molar-refractivity contribution is 0.147. The Kier molecular flexibility index (Phi) is 20.3. The molecule has 0 aliphatic heterocycles. The van der Waals surface area contributed by atoms with Gasteiger partial charge in [0.15, 0.2) is 15.2 Å². The lowest BCUT2D eigenvalue weighted by atomic mass is 10.5. The fraction of sp³-hybridized carbons (Fsp3) is 1.00. The van der Waals surface area contributed by atoms with Crippen molar-refractivity contribution in [1.82, 2.24) is 0 Å². The molecule has 14 heavy (non-hydrogen) atoms. The van der Waals surface area contributed by atoms with E-state index in [1.807, 2.05) is 0 Å². The molecule has 0 aromatic rings. The molecule has 0 N–H and O–H groups in total. The molecule has 0 unspecified atom stereocenters. The Morgan fingerprint density at radius 2 is 1.29 bits per heavy atom. The van der Waals surface area contributed by atoms with E-state index in [-0.39, 0.29) is 17.0 Å². The van der Waals surface area contributed by atoms with Gasteiger partial charge < -0.3 is 9.47 Å². The number of hydrogen-bond donors (Lipinski definition) is 0. The van der Waals surface area contributed by atoms with Crippen molar-refractivity contribution in [2.24, 2.45) is 0 Å². The Balaban J connectivity index is 0. The lowest BCUT2D eigenvalue weighted by Crippen LogP contribution is -1.99. The summed E-state index contributed by atoms with van der Waals surface area (Å²) < 4.78 is 10.5. The van der Waals surface area contributed by atoms with Crippen LogP contribution in [0.3, 0.4) is 0 Å². The molecule has 0 bridgehead atoms. The van der Waals surface area contributed by atoms with Crippen molar-refractivity contribution in [3.05, 3.63) is 0 Å². The summed E-state index contributed by atoms with van der Waals surface area (Å²) in [5.74, 6) is 0. The SMILES string of the molecule is Br.CCOCC[CH2][Al][CH2]CCOCC. The molecule has 0 fully saturated rings. The van der Waals surface area contributed by atoms with Crippen molar-refractivity contribution >= 4 is 32.2 Å². The van der Waals surface area contributed by atoms with Crippen LogP contribution in [0.5, 0.6) is 0 Å². The van der Waals surface area contributed by atoms with Gasteiger partial charge >= 0.3 is 0 Å². The highest BCUT2D eigenvalue weighted by Gasteiger charge is 1.93. The van der Waals surface area contributed by atoms with E-state index >= 15 is 0 Å². The Bertz CT molecular complexity index is 84.2. The lowest BCUT2D eigenvalue weighted by Gasteiger charge is -2.01. The number of rotatable bonds is 10. The summed E-state index contributed by atoms with van der Waals surface area (Å²) in [7, 11) is 0. The highest BCUT2D eigenvalue weighted by Crippen LogP contribution is 1.97. The standard InChI is InChI=1S/2C5H11O.Al.BrH/c2*1-3-5-6-4-2;;/h2*1,3-5H2,2H3;;1H. The molecule has 4 heteroatoms. The van der Waals surface area contributed by atoms with Gasteiger partial charge in [-0.3, -0.25) is 0 Å². The van der Waals surface area contributed by atoms with Gasteiger partial charge in [-0.1, -0.05) is 0 Å². The molecule has 0 amide bonds. The smallest absolute Gasteiger partial charge is 0.200 e. The molecular weight excluding hydrogens is 259 g/mol. The molecule has 0 heterocycles. The van der Waals surface area contributed by atoms with Gasteiger partial charge in [0.25, 0.3) is 0 Å². The van der Waals surface area contributed by atoms with E-state index in [0.29, 0.717) is 15.2 Å². The zero-order valence-electron chi connectivity index (χ0n) is 9.46. The van der Waals surface area contributed by atoms with Crippen LogP contribution < -0.4 is 0 Å². The average molecular weight is 282 g/mol. The Hall–Kier alpha value is 0.932. The highest BCUT2D eigenvalue weighted by molar-refractivity contribution is 8.93. The first-order valence-corrected chi connectivity index (χ1v) is 7.02. The minimum atomic E-state index is 0. The summed E-state index contributed by atoms with van der Waals surface area (Å²) in [6.45, 7) is 7.73. The van der Waals surface area contributed by atoms with E-state index in [1.54, 1.807) is 0 Å². The summed E-state index contributed by atoms with van der Waals surface area (Å²) in [5, 5.41) is 2.76. The Morgan fingerprint density at radius 1 is 0.857 bits per heavy atom. The van der Waals surface area contributed by atoms with Crippen molar-refractivity contribution < 1.29 is 9.47 Å². The van der Waals surface area contributed by atoms with Gasteiger partial charge in [0.2, 0.25) is 0 Å². The van der Waals surface area contributed by atoms with Crippen LogP contribution in [0, 0.1) is 0 Å². The van der Waals surface area contributed by atoms with E-state index in [1.165, 1.54) is 23.4 Å². The second-order valence-electron chi connectivity index (χ2n) is 2.97. The first-order valence-electron chi connectivity index (χ1n) is 5.39. The molecule has 2 nitrogen and oxygen atoms in total. The van der Waals surface area contributed by atoms with Crippen LogP contribution in [0.25, 0.3) is 0 Å². The fourth-order valence-electron chi connectivity index (χ4n) is 1.09. The maximum absolute atomic E-state index is 5.27. The predicted octanol–water partition coefficient (Wildman–Crippen LogP) is 2.96. The molecule has 0 saturated heterocycles. The minimum absolute atomic E-state index is 0. The van der Waals surface area contributed by atoms with Crippen LogP contribution in [-0.2, 0) is 9.47 Å². The quantitative estimate of drug-likeness (QED) is 0.453. The molecule has 0 aromatic carbocycles. The van der Waals surface area contributed by atoms with Gasteiger partial charge in [-0.2, -0.15) is 0 Å². The zero-order valence-corrected chi connectivity index (χ0v) is 12.3. The van der Waals surface area contributed by atoms with E-state index in [4.69, 9.17) is 9.47 Å². The van der Waals surface area contributed by atoms with Crippen molar-refractivity contribution in [3.63, 3.8) is 0 Å². The number of hydrogen-bond acceptors (Lipinski definition) is 2. The van der Waals surface area contributed by atoms with Crippen molar-refractivity contribution in [2.75, 3.05) is 26.4 Å². The third-order valence-corrected chi connectivity index (χ3v) is 3.44. The second-order valence-corrected chi connectivity index (χ2v) is 4.70. The molecule has 0 aliphatic carbocycles. The summed E-state index contributed by atoms with van der Waals surface area (Å²) >= 11 is 0.645. The van der Waals surface area contributed by atoms with Gasteiger partial charge in [-0.25, -0.2) is 0 Å². The van der Waals surface area contributed by atoms with E-state index in [0.717, 1.165) is 26.4 Å². The van der Waals surface area contributed by atoms with Crippen LogP contribution in [0.15, 0.2) is 0 Å². The first-order chi connectivity index (χ1) is 6.41. The van der Waals surface area contributed by atoms with Gasteiger partial charge in [0, 0.05) is 26.4 Å². The number of ether oxygens (including phenoxy) is 2. The number of halogens is 1. The molecule has 1 radical (unpaired) electrons. The highest BCUT2D eigenvalue weighted by atomic mass is 79.9. The Labute approximate surface area is 105 Å². The third-order valence-electron chi connectivity index (χ3n) is 1.80. The maximum atomic E-state index is 5.27. The van der Waals surface area contributed by atoms with Crippen molar-refractivity contribution in [3.8, 4) is 0 Å². The Morgan fingerprint density at radius 3 is 1.64 bits per heavy atom. The predicted molar refractivity (Wildman–Crippen MR) is 67.9 cm³/mol. The van der Waals surface area contributed by atoms with Gasteiger partial charge in [0.1, 0.15) is 0 Å². The zero-order chi connectivity index (χ0) is 9.78. The summed E-state index contributed by atoms with van der Waals surface area (Å²) in [6, 6.07) is 0. The summed E-state index contributed by atoms with van der Waals surface area (Å²) in [6.07, 6.45) is 2.50.